The molecule has 6 nitrogen and oxygen atoms in total. The number of esters is 1. The molecule has 2 aromatic rings. The Kier molecular flexibility index (Phi) is 9.28. The average Bonchev–Trinajstić information content (AvgIpc) is 3.41. The highest BCUT2D eigenvalue weighted by Gasteiger charge is 2.32. The van der Waals surface area contributed by atoms with E-state index in [1.165, 1.54) is 0 Å². The summed E-state index contributed by atoms with van der Waals surface area (Å²) >= 11 is 13.0. The van der Waals surface area contributed by atoms with Crippen molar-refractivity contribution >= 4 is 40.8 Å². The van der Waals surface area contributed by atoms with E-state index < -0.39 is 0 Å². The van der Waals surface area contributed by atoms with Gasteiger partial charge in [-0.25, -0.2) is 4.79 Å². The van der Waals surface area contributed by atoms with E-state index in [-0.39, 0.29) is 31.1 Å². The van der Waals surface area contributed by atoms with Gasteiger partial charge in [-0.2, -0.15) is 0 Å². The molecular weight excluding hydrogens is 511 g/mol. The van der Waals surface area contributed by atoms with Gasteiger partial charge in [-0.3, -0.25) is 9.78 Å². The number of ether oxygens (including phenoxy) is 2. The van der Waals surface area contributed by atoms with Gasteiger partial charge in [-0.1, -0.05) is 35.9 Å². The van der Waals surface area contributed by atoms with Crippen molar-refractivity contribution in [3.8, 4) is 5.75 Å². The molecule has 0 radical (unpaired) electrons. The first-order valence-electron chi connectivity index (χ1n) is 12.8. The minimum atomic E-state index is -0.371. The van der Waals surface area contributed by atoms with Gasteiger partial charge in [0.15, 0.2) is 0 Å². The third-order valence-corrected chi connectivity index (χ3v) is 7.52. The van der Waals surface area contributed by atoms with Crippen LogP contribution >= 0.6 is 23.2 Å². The lowest BCUT2D eigenvalue weighted by Crippen LogP contribution is -2.34. The van der Waals surface area contributed by atoms with E-state index in [4.69, 9.17) is 32.7 Å². The van der Waals surface area contributed by atoms with Crippen LogP contribution in [0.25, 0.3) is 0 Å². The van der Waals surface area contributed by atoms with Crippen molar-refractivity contribution < 1.29 is 19.1 Å². The van der Waals surface area contributed by atoms with Gasteiger partial charge >= 0.3 is 5.97 Å². The third kappa shape index (κ3) is 6.55. The summed E-state index contributed by atoms with van der Waals surface area (Å²) in [6.45, 7) is 6.11. The van der Waals surface area contributed by atoms with Gasteiger partial charge in [0.05, 0.1) is 22.3 Å². The van der Waals surface area contributed by atoms with Crippen LogP contribution in [0.4, 0.5) is 5.69 Å². The second kappa shape index (κ2) is 12.6. The monoisotopic (exact) mass is 542 g/mol. The van der Waals surface area contributed by atoms with Crippen LogP contribution in [0.3, 0.4) is 0 Å². The number of anilines is 1. The number of hydrogen-bond donors (Lipinski definition) is 0. The molecule has 8 heteroatoms. The molecular formula is C29H32Cl2N2O4. The molecule has 1 saturated carbocycles. The van der Waals surface area contributed by atoms with Crippen LogP contribution in [0.15, 0.2) is 54.4 Å². The predicted molar refractivity (Wildman–Crippen MR) is 146 cm³/mol. The molecule has 0 unspecified atom stereocenters. The van der Waals surface area contributed by atoms with Crippen molar-refractivity contribution in [3.63, 3.8) is 0 Å². The largest absolute Gasteiger partial charge is 0.488 e. The second-order valence-electron chi connectivity index (χ2n) is 9.50. The van der Waals surface area contributed by atoms with Gasteiger partial charge in [0.1, 0.15) is 18.5 Å². The first kappa shape index (κ1) is 27.2. The maximum Gasteiger partial charge on any atom is 0.334 e. The number of hydrogen-bond acceptors (Lipinski definition) is 5. The van der Waals surface area contributed by atoms with Crippen LogP contribution in [0, 0.1) is 6.92 Å². The molecule has 1 aromatic heterocycles. The van der Waals surface area contributed by atoms with Crippen LogP contribution in [0.1, 0.15) is 62.5 Å². The Bertz CT molecular complexity index is 1200. The molecule has 1 fully saturated rings. The zero-order valence-corrected chi connectivity index (χ0v) is 22.6. The Morgan fingerprint density at radius 1 is 1.11 bits per heavy atom. The van der Waals surface area contributed by atoms with E-state index >= 15 is 0 Å². The number of carbonyl (C=O) groups is 2. The lowest BCUT2D eigenvalue weighted by Gasteiger charge is -2.29. The first-order chi connectivity index (χ1) is 17.9. The summed E-state index contributed by atoms with van der Waals surface area (Å²) in [5, 5.41) is 0.635. The van der Waals surface area contributed by atoms with Gasteiger partial charge in [0.25, 0.3) is 5.91 Å². The number of rotatable bonds is 9. The Labute approximate surface area is 228 Å². The lowest BCUT2D eigenvalue weighted by molar-refractivity contribution is -0.144. The molecule has 2 aliphatic rings. The highest BCUT2D eigenvalue weighted by molar-refractivity contribution is 6.37. The average molecular weight is 543 g/mol. The number of benzene rings is 1. The number of halogens is 2. The molecule has 196 valence electrons. The highest BCUT2D eigenvalue weighted by Crippen LogP contribution is 2.39. The molecule has 0 bridgehead atoms. The fraction of sp³-hybridized carbons (Fsp3) is 0.414. The zero-order valence-electron chi connectivity index (χ0n) is 21.1. The number of nitrogens with zero attached hydrogens (tertiary/aromatic N) is 2. The van der Waals surface area contributed by atoms with E-state index in [1.807, 2.05) is 13.0 Å². The maximum absolute atomic E-state index is 14.2. The summed E-state index contributed by atoms with van der Waals surface area (Å²) in [5.41, 5.74) is 3.25. The van der Waals surface area contributed by atoms with Crippen LogP contribution in [0.5, 0.6) is 5.75 Å². The Morgan fingerprint density at radius 3 is 2.54 bits per heavy atom. The SMILES string of the molecule is C=CCOc1cc(N(Cc2cnccc2C)C(=O)C2=C(C(=O)OC3CCCC3)CCCC2)c(Cl)cc1Cl. The smallest absolute Gasteiger partial charge is 0.334 e. The minimum Gasteiger partial charge on any atom is -0.488 e. The third-order valence-electron chi connectivity index (χ3n) is 6.92. The molecule has 1 amide bonds. The van der Waals surface area contributed by atoms with Crippen LogP contribution in [0.2, 0.25) is 10.0 Å². The van der Waals surface area contributed by atoms with Crippen molar-refractivity contribution in [3.05, 3.63) is 75.6 Å². The van der Waals surface area contributed by atoms with Gasteiger partial charge in [-0.05, 0) is 81.5 Å². The van der Waals surface area contributed by atoms with E-state index in [0.29, 0.717) is 45.5 Å². The topological polar surface area (TPSA) is 68.7 Å². The summed E-state index contributed by atoms with van der Waals surface area (Å²) in [7, 11) is 0. The number of carbonyl (C=O) groups excluding carboxylic acids is 2. The van der Waals surface area contributed by atoms with Gasteiger partial charge in [0, 0.05) is 29.6 Å². The first-order valence-corrected chi connectivity index (χ1v) is 13.5. The van der Waals surface area contributed by atoms with Gasteiger partial charge < -0.3 is 14.4 Å². The Hall–Kier alpha value is -2.83. The van der Waals surface area contributed by atoms with Crippen LogP contribution < -0.4 is 9.64 Å². The summed E-state index contributed by atoms with van der Waals surface area (Å²) in [4.78, 5) is 33.2. The van der Waals surface area contributed by atoms with Gasteiger partial charge in [0.2, 0.25) is 0 Å². The predicted octanol–water partition coefficient (Wildman–Crippen LogP) is 7.15. The van der Waals surface area contributed by atoms with Crippen molar-refractivity contribution in [2.75, 3.05) is 11.5 Å². The van der Waals surface area contributed by atoms with Crippen LogP contribution in [-0.2, 0) is 20.9 Å². The molecule has 4 rings (SSSR count). The quantitative estimate of drug-likeness (QED) is 0.248. The normalized spacial score (nSPS) is 16.0. The molecule has 0 spiro atoms. The molecule has 2 aliphatic carbocycles. The fourth-order valence-corrected chi connectivity index (χ4v) is 5.38. The molecule has 37 heavy (non-hydrogen) atoms. The van der Waals surface area contributed by atoms with E-state index in [2.05, 4.69) is 11.6 Å². The number of pyridine rings is 1. The molecule has 0 aliphatic heterocycles. The molecule has 1 heterocycles. The minimum absolute atomic E-state index is 0.0669. The maximum atomic E-state index is 14.2. The van der Waals surface area contributed by atoms with Crippen molar-refractivity contribution in [2.24, 2.45) is 0 Å². The Morgan fingerprint density at radius 2 is 1.84 bits per heavy atom. The van der Waals surface area contributed by atoms with Gasteiger partial charge in [-0.15, -0.1) is 0 Å². The summed E-state index contributed by atoms with van der Waals surface area (Å²) in [6.07, 6.45) is 11.6. The second-order valence-corrected chi connectivity index (χ2v) is 10.3. The molecule has 0 saturated heterocycles. The Balaban J connectivity index is 1.75. The highest BCUT2D eigenvalue weighted by atomic mass is 35.5. The van der Waals surface area contributed by atoms with Crippen molar-refractivity contribution in [1.29, 1.82) is 0 Å². The number of amides is 1. The number of aryl methyl sites for hydroxylation is 1. The number of aromatic nitrogens is 1. The lowest BCUT2D eigenvalue weighted by atomic mass is 9.90. The zero-order chi connectivity index (χ0) is 26.4. The van der Waals surface area contributed by atoms with E-state index in [1.54, 1.807) is 35.5 Å². The molecule has 0 N–H and O–H groups in total. The standard InChI is InChI=1S/C29H32Cl2N2O4/c1-3-14-36-27-16-26(24(30)15-25(27)31)33(18-20-17-32-13-12-19(20)2)28(34)22-10-6-7-11-23(22)29(35)37-21-8-4-5-9-21/h3,12-13,15-17,21H,1,4-11,14,18H2,2H3. The molecule has 0 atom stereocenters. The van der Waals surface area contributed by atoms with Crippen molar-refractivity contribution in [2.45, 2.75) is 70.9 Å². The van der Waals surface area contributed by atoms with E-state index in [9.17, 15) is 9.59 Å². The summed E-state index contributed by atoms with van der Waals surface area (Å²) in [5.74, 6) is -0.259. The fourth-order valence-electron chi connectivity index (χ4n) is 4.84. The van der Waals surface area contributed by atoms with E-state index in [0.717, 1.165) is 49.7 Å². The summed E-state index contributed by atoms with van der Waals surface area (Å²) in [6, 6.07) is 5.12. The van der Waals surface area contributed by atoms with Crippen LogP contribution in [-0.4, -0.2) is 29.6 Å². The summed E-state index contributed by atoms with van der Waals surface area (Å²) < 4.78 is 11.5. The van der Waals surface area contributed by atoms with Crippen molar-refractivity contribution in [1.82, 2.24) is 4.98 Å². The molecule has 1 aromatic carbocycles.